The number of carbonyl (C=O) groups excluding carboxylic acids is 2. The van der Waals surface area contributed by atoms with E-state index in [0.29, 0.717) is 31.4 Å². The van der Waals surface area contributed by atoms with Crippen LogP contribution in [-0.4, -0.2) is 61.7 Å². The first-order valence-electron chi connectivity index (χ1n) is 8.76. The highest BCUT2D eigenvalue weighted by molar-refractivity contribution is 7.89. The van der Waals surface area contributed by atoms with Crippen LogP contribution in [0.15, 0.2) is 18.2 Å². The topological polar surface area (TPSA) is 133 Å². The molecule has 0 saturated carbocycles. The van der Waals surface area contributed by atoms with E-state index in [1.54, 1.807) is 0 Å². The van der Waals surface area contributed by atoms with Gasteiger partial charge in [-0.25, -0.2) is 27.1 Å². The summed E-state index contributed by atoms with van der Waals surface area (Å²) in [5.41, 5.74) is 0.0636. The molecule has 154 valence electrons. The Morgan fingerprint density at radius 1 is 1.25 bits per heavy atom. The normalized spacial score (nSPS) is 14.4. The predicted octanol–water partition coefficient (Wildman–Crippen LogP) is 0.708. The smallest absolute Gasteiger partial charge is 0.338 e. The van der Waals surface area contributed by atoms with E-state index in [1.807, 2.05) is 0 Å². The third-order valence-electron chi connectivity index (χ3n) is 4.21. The molecule has 0 aliphatic carbocycles. The van der Waals surface area contributed by atoms with Gasteiger partial charge in [0.05, 0.1) is 11.3 Å². The molecule has 11 heteroatoms. The van der Waals surface area contributed by atoms with Crippen molar-refractivity contribution in [3.63, 3.8) is 0 Å². The van der Waals surface area contributed by atoms with Crippen molar-refractivity contribution >= 4 is 27.9 Å². The molecule has 28 heavy (non-hydrogen) atoms. The maximum Gasteiger partial charge on any atom is 0.338 e. The number of carboxylic acid groups (broad SMARTS) is 1. The van der Waals surface area contributed by atoms with Gasteiger partial charge in [-0.05, 0) is 37.0 Å². The molecule has 0 radical (unpaired) electrons. The molecule has 1 aromatic rings. The Morgan fingerprint density at radius 3 is 2.64 bits per heavy atom. The lowest BCUT2D eigenvalue weighted by molar-refractivity contribution is -0.118. The number of nitrogens with zero attached hydrogens (tertiary/aromatic N) is 1. The molecule has 3 amide bonds. The Morgan fingerprint density at radius 2 is 2.00 bits per heavy atom. The molecule has 9 nitrogen and oxygen atoms in total. The number of urea groups is 1. The maximum atomic E-state index is 13.3. The molecule has 2 rings (SSSR count). The van der Waals surface area contributed by atoms with Gasteiger partial charge in [0, 0.05) is 13.1 Å². The zero-order valence-corrected chi connectivity index (χ0v) is 15.9. The zero-order chi connectivity index (χ0) is 20.7. The molecule has 1 aliphatic rings. The molecule has 0 spiro atoms. The van der Waals surface area contributed by atoms with Gasteiger partial charge in [0.15, 0.2) is 0 Å². The summed E-state index contributed by atoms with van der Waals surface area (Å²) in [6.45, 7) is 0.496. The molecule has 0 unspecified atom stereocenters. The van der Waals surface area contributed by atoms with E-state index in [0.717, 1.165) is 6.07 Å². The molecule has 0 aromatic heterocycles. The van der Waals surface area contributed by atoms with Crippen LogP contribution < -0.4 is 10.0 Å². The van der Waals surface area contributed by atoms with Crippen LogP contribution >= 0.6 is 0 Å². The Labute approximate surface area is 162 Å². The van der Waals surface area contributed by atoms with Crippen LogP contribution in [0.3, 0.4) is 0 Å². The van der Waals surface area contributed by atoms with Gasteiger partial charge < -0.3 is 10.0 Å². The van der Waals surface area contributed by atoms with Gasteiger partial charge in [0.1, 0.15) is 12.4 Å². The molecular formula is C17H22FN3O6S. The lowest BCUT2D eigenvalue weighted by atomic mass is 10.1. The summed E-state index contributed by atoms with van der Waals surface area (Å²) in [5.74, 6) is -2.64. The SMILES string of the molecule is O=C1CN(CCCCCS(=O)(=O)NCCc2ccc(F)c(C(=O)O)c2)C(=O)N1. The highest BCUT2D eigenvalue weighted by Gasteiger charge is 2.25. The summed E-state index contributed by atoms with van der Waals surface area (Å²) in [4.78, 5) is 34.7. The van der Waals surface area contributed by atoms with Crippen LogP contribution in [0.25, 0.3) is 0 Å². The Kier molecular flexibility index (Phi) is 7.46. The van der Waals surface area contributed by atoms with Crippen LogP contribution in [0.1, 0.15) is 35.2 Å². The molecule has 1 aliphatic heterocycles. The van der Waals surface area contributed by atoms with Crippen molar-refractivity contribution in [3.8, 4) is 0 Å². The average molecular weight is 415 g/mol. The van der Waals surface area contributed by atoms with Crippen LogP contribution in [0.2, 0.25) is 0 Å². The van der Waals surface area contributed by atoms with Crippen LogP contribution in [-0.2, 0) is 21.2 Å². The fourth-order valence-corrected chi connectivity index (χ4v) is 3.89. The predicted molar refractivity (Wildman–Crippen MR) is 97.8 cm³/mol. The first-order chi connectivity index (χ1) is 13.2. The van der Waals surface area contributed by atoms with Crippen molar-refractivity contribution in [2.45, 2.75) is 25.7 Å². The molecule has 0 bridgehead atoms. The van der Waals surface area contributed by atoms with Gasteiger partial charge >= 0.3 is 12.0 Å². The lowest BCUT2D eigenvalue weighted by Crippen LogP contribution is -2.30. The summed E-state index contributed by atoms with van der Waals surface area (Å²) >= 11 is 0. The second-order valence-electron chi connectivity index (χ2n) is 6.42. The number of hydrogen-bond donors (Lipinski definition) is 3. The number of imide groups is 1. The number of aromatic carboxylic acids is 1. The quantitative estimate of drug-likeness (QED) is 0.360. The molecule has 3 N–H and O–H groups in total. The lowest BCUT2D eigenvalue weighted by Gasteiger charge is -2.12. The van der Waals surface area contributed by atoms with Gasteiger partial charge in [-0.2, -0.15) is 0 Å². The van der Waals surface area contributed by atoms with E-state index < -0.39 is 33.4 Å². The second kappa shape index (κ2) is 9.60. The highest BCUT2D eigenvalue weighted by atomic mass is 32.2. The van der Waals surface area contributed by atoms with E-state index >= 15 is 0 Å². The van der Waals surface area contributed by atoms with Crippen molar-refractivity contribution in [3.05, 3.63) is 35.1 Å². The number of rotatable bonds is 11. The maximum absolute atomic E-state index is 13.3. The Bertz CT molecular complexity index is 858. The average Bonchev–Trinajstić information content (AvgIpc) is 2.93. The van der Waals surface area contributed by atoms with E-state index in [2.05, 4.69) is 10.0 Å². The second-order valence-corrected chi connectivity index (χ2v) is 8.34. The molecule has 1 heterocycles. The monoisotopic (exact) mass is 415 g/mol. The Hall–Kier alpha value is -2.53. The van der Waals surface area contributed by atoms with Crippen molar-refractivity contribution in [1.29, 1.82) is 0 Å². The minimum absolute atomic E-state index is 0.0334. The number of carbonyl (C=O) groups is 3. The van der Waals surface area contributed by atoms with Gasteiger partial charge in [-0.15, -0.1) is 0 Å². The summed E-state index contributed by atoms with van der Waals surface area (Å²) in [7, 11) is -3.49. The van der Waals surface area contributed by atoms with E-state index in [4.69, 9.17) is 5.11 Å². The number of carboxylic acids is 1. The number of unbranched alkanes of at least 4 members (excludes halogenated alkanes) is 2. The van der Waals surface area contributed by atoms with Crippen molar-refractivity contribution in [2.24, 2.45) is 0 Å². The molecule has 0 atom stereocenters. The van der Waals surface area contributed by atoms with Crippen LogP contribution in [0.5, 0.6) is 0 Å². The summed E-state index contributed by atoms with van der Waals surface area (Å²) < 4.78 is 39.7. The van der Waals surface area contributed by atoms with Gasteiger partial charge in [0.2, 0.25) is 15.9 Å². The fraction of sp³-hybridized carbons (Fsp3) is 0.471. The minimum Gasteiger partial charge on any atom is -0.478 e. The molecular weight excluding hydrogens is 393 g/mol. The summed E-state index contributed by atoms with van der Waals surface area (Å²) in [6, 6.07) is 3.22. The first-order valence-corrected chi connectivity index (χ1v) is 10.4. The molecule has 1 saturated heterocycles. The third kappa shape index (κ3) is 6.57. The van der Waals surface area contributed by atoms with Crippen molar-refractivity contribution in [1.82, 2.24) is 14.9 Å². The zero-order valence-electron chi connectivity index (χ0n) is 15.1. The Balaban J connectivity index is 1.67. The molecule has 1 fully saturated rings. The number of halogens is 1. The summed E-state index contributed by atoms with van der Waals surface area (Å²) in [6.07, 6.45) is 1.80. The van der Waals surface area contributed by atoms with Gasteiger partial charge in [-0.3, -0.25) is 10.1 Å². The highest BCUT2D eigenvalue weighted by Crippen LogP contribution is 2.11. The number of nitrogens with one attached hydrogen (secondary N) is 2. The largest absolute Gasteiger partial charge is 0.478 e. The molecule has 1 aromatic carbocycles. The minimum atomic E-state index is -3.49. The fourth-order valence-electron chi connectivity index (χ4n) is 2.75. The van der Waals surface area contributed by atoms with Crippen molar-refractivity contribution < 1.29 is 32.3 Å². The number of benzene rings is 1. The van der Waals surface area contributed by atoms with Gasteiger partial charge in [0.25, 0.3) is 0 Å². The number of amides is 3. The third-order valence-corrected chi connectivity index (χ3v) is 5.68. The van der Waals surface area contributed by atoms with E-state index in [9.17, 15) is 27.2 Å². The summed E-state index contributed by atoms with van der Waals surface area (Å²) in [5, 5.41) is 11.1. The standard InChI is InChI=1S/C17H22FN3O6S/c18-14-5-4-12(10-13(14)16(23)24)6-7-19-28(26,27)9-3-1-2-8-21-11-15(22)20-17(21)25/h4-5,10,19H,1-3,6-9,11H2,(H,23,24)(H,20,22,25). The number of sulfonamides is 1. The number of hydrogen-bond acceptors (Lipinski definition) is 5. The van der Waals surface area contributed by atoms with E-state index in [1.165, 1.54) is 17.0 Å². The van der Waals surface area contributed by atoms with E-state index in [-0.39, 0.29) is 31.2 Å². The van der Waals surface area contributed by atoms with Crippen LogP contribution in [0, 0.1) is 5.82 Å². The first kappa shape index (κ1) is 21.8. The van der Waals surface area contributed by atoms with Gasteiger partial charge in [-0.1, -0.05) is 12.5 Å². The van der Waals surface area contributed by atoms with Crippen LogP contribution in [0.4, 0.5) is 9.18 Å². The van der Waals surface area contributed by atoms with Crippen molar-refractivity contribution in [2.75, 3.05) is 25.4 Å².